The van der Waals surface area contributed by atoms with Gasteiger partial charge in [0.15, 0.2) is 0 Å². The minimum atomic E-state index is -0.419. The number of carbonyl (C=O) groups is 2. The Morgan fingerprint density at radius 3 is 2.23 bits per heavy atom. The number of nitrogens with zero attached hydrogens (tertiary/aromatic N) is 1. The van der Waals surface area contributed by atoms with Crippen LogP contribution in [-0.4, -0.2) is 53.6 Å². The second-order valence-corrected chi connectivity index (χ2v) is 6.86. The van der Waals surface area contributed by atoms with Gasteiger partial charge in [0, 0.05) is 5.92 Å². The molecule has 0 spiro atoms. The molecule has 22 heavy (non-hydrogen) atoms. The molecule has 4 N–H and O–H groups in total. The zero-order chi connectivity index (χ0) is 16.0. The van der Waals surface area contributed by atoms with Gasteiger partial charge in [-0.25, -0.2) is 0 Å². The molecule has 0 aromatic heterocycles. The highest BCUT2D eigenvalue weighted by Crippen LogP contribution is 2.28. The van der Waals surface area contributed by atoms with Gasteiger partial charge >= 0.3 is 0 Å². The van der Waals surface area contributed by atoms with Crippen LogP contribution >= 0.6 is 0 Å². The summed E-state index contributed by atoms with van der Waals surface area (Å²) < 4.78 is 0. The Morgan fingerprint density at radius 1 is 1.14 bits per heavy atom. The van der Waals surface area contributed by atoms with Crippen LogP contribution in [0, 0.1) is 5.92 Å². The van der Waals surface area contributed by atoms with Gasteiger partial charge < -0.3 is 16.2 Å². The number of rotatable bonds is 5. The molecule has 1 saturated heterocycles. The molecule has 1 aliphatic heterocycles. The molecule has 0 unspecified atom stereocenters. The predicted octanol–water partition coefficient (Wildman–Crippen LogP) is 0.385. The number of aliphatic hydroxyl groups is 1. The smallest absolute Gasteiger partial charge is 0.231 e. The predicted molar refractivity (Wildman–Crippen MR) is 84.0 cm³/mol. The summed E-state index contributed by atoms with van der Waals surface area (Å²) in [4.78, 5) is 25.5. The fraction of sp³-hybridized carbons (Fsp3) is 0.875. The van der Waals surface area contributed by atoms with Crippen molar-refractivity contribution in [1.29, 1.82) is 0 Å². The lowest BCUT2D eigenvalue weighted by Crippen LogP contribution is -2.54. The van der Waals surface area contributed by atoms with Crippen molar-refractivity contribution in [3.05, 3.63) is 0 Å². The lowest BCUT2D eigenvalue weighted by molar-refractivity contribution is -0.129. The number of hydrogen-bond donors (Lipinski definition) is 3. The third-order valence-corrected chi connectivity index (χ3v) is 5.09. The van der Waals surface area contributed by atoms with Crippen LogP contribution in [-0.2, 0) is 9.59 Å². The minimum Gasteiger partial charge on any atom is -0.394 e. The van der Waals surface area contributed by atoms with Gasteiger partial charge in [-0.15, -0.1) is 0 Å². The van der Waals surface area contributed by atoms with Crippen LogP contribution in [0.4, 0.5) is 0 Å². The average molecular weight is 311 g/mol. The van der Waals surface area contributed by atoms with E-state index in [0.29, 0.717) is 0 Å². The second-order valence-electron chi connectivity index (χ2n) is 6.86. The molecule has 126 valence electrons. The van der Waals surface area contributed by atoms with E-state index in [0.717, 1.165) is 51.6 Å². The summed E-state index contributed by atoms with van der Waals surface area (Å²) in [6.45, 7) is 1.76. The summed E-state index contributed by atoms with van der Waals surface area (Å²) >= 11 is 0. The first-order valence-corrected chi connectivity index (χ1v) is 8.48. The summed E-state index contributed by atoms with van der Waals surface area (Å²) in [6, 6.07) is 0. The number of hydrogen-bond acceptors (Lipinski definition) is 4. The number of likely N-dealkylation sites (tertiary alicyclic amines) is 1. The number of nitrogens with one attached hydrogen (secondary N) is 1. The largest absolute Gasteiger partial charge is 0.394 e. The van der Waals surface area contributed by atoms with Crippen LogP contribution in [0.3, 0.4) is 0 Å². The van der Waals surface area contributed by atoms with Gasteiger partial charge in [-0.1, -0.05) is 25.7 Å². The summed E-state index contributed by atoms with van der Waals surface area (Å²) in [5.41, 5.74) is 4.79. The molecular weight excluding hydrogens is 282 g/mol. The van der Waals surface area contributed by atoms with E-state index in [9.17, 15) is 14.7 Å². The standard InChI is InChI=1S/C16H29N3O3/c17-14(21)11-19-9-5-13(6-10-19)15(22)18-16(12-20)7-3-1-2-4-8-16/h13,20H,1-12H2,(H2,17,21)(H,18,22). The van der Waals surface area contributed by atoms with Crippen molar-refractivity contribution >= 4 is 11.8 Å². The van der Waals surface area contributed by atoms with Gasteiger partial charge in [0.05, 0.1) is 18.7 Å². The van der Waals surface area contributed by atoms with E-state index < -0.39 is 5.54 Å². The van der Waals surface area contributed by atoms with E-state index in [-0.39, 0.29) is 30.9 Å². The molecule has 0 bridgehead atoms. The first-order chi connectivity index (χ1) is 10.5. The van der Waals surface area contributed by atoms with Gasteiger partial charge in [-0.05, 0) is 38.8 Å². The summed E-state index contributed by atoms with van der Waals surface area (Å²) in [7, 11) is 0. The van der Waals surface area contributed by atoms with Crippen LogP contribution in [0.15, 0.2) is 0 Å². The maximum atomic E-state index is 12.5. The van der Waals surface area contributed by atoms with Crippen LogP contribution in [0.2, 0.25) is 0 Å². The average Bonchev–Trinajstić information content (AvgIpc) is 2.73. The van der Waals surface area contributed by atoms with Gasteiger partial charge in [-0.3, -0.25) is 14.5 Å². The van der Waals surface area contributed by atoms with E-state index in [1.807, 2.05) is 4.90 Å². The van der Waals surface area contributed by atoms with Crippen LogP contribution in [0.25, 0.3) is 0 Å². The Balaban J connectivity index is 1.85. The van der Waals surface area contributed by atoms with E-state index in [2.05, 4.69) is 5.32 Å². The van der Waals surface area contributed by atoms with Crippen LogP contribution < -0.4 is 11.1 Å². The SMILES string of the molecule is NC(=O)CN1CCC(C(=O)NC2(CO)CCCCCC2)CC1. The third-order valence-electron chi connectivity index (χ3n) is 5.09. The molecule has 0 atom stereocenters. The molecule has 2 aliphatic rings. The highest BCUT2D eigenvalue weighted by atomic mass is 16.3. The third kappa shape index (κ3) is 4.68. The monoisotopic (exact) mass is 311 g/mol. The molecule has 2 amide bonds. The van der Waals surface area contributed by atoms with Crippen molar-refractivity contribution in [2.75, 3.05) is 26.2 Å². The van der Waals surface area contributed by atoms with Crippen molar-refractivity contribution < 1.29 is 14.7 Å². The molecule has 6 heteroatoms. The van der Waals surface area contributed by atoms with Crippen molar-refractivity contribution in [3.8, 4) is 0 Å². The minimum absolute atomic E-state index is 0.0178. The normalized spacial score (nSPS) is 23.7. The maximum Gasteiger partial charge on any atom is 0.231 e. The van der Waals surface area contributed by atoms with Gasteiger partial charge in [0.2, 0.25) is 11.8 Å². The lowest BCUT2D eigenvalue weighted by Gasteiger charge is -2.36. The fourth-order valence-electron chi connectivity index (χ4n) is 3.67. The highest BCUT2D eigenvalue weighted by molar-refractivity contribution is 5.79. The maximum absolute atomic E-state index is 12.5. The topological polar surface area (TPSA) is 95.7 Å². The molecule has 2 fully saturated rings. The quantitative estimate of drug-likeness (QED) is 0.640. The highest BCUT2D eigenvalue weighted by Gasteiger charge is 2.35. The van der Waals surface area contributed by atoms with Crippen LogP contribution in [0.1, 0.15) is 51.4 Å². The lowest BCUT2D eigenvalue weighted by atomic mass is 9.88. The number of piperidine rings is 1. The van der Waals surface area contributed by atoms with Crippen LogP contribution in [0.5, 0.6) is 0 Å². The van der Waals surface area contributed by atoms with Crippen molar-refractivity contribution in [2.45, 2.75) is 56.9 Å². The Bertz CT molecular complexity index is 384. The Labute approximate surface area is 132 Å². The summed E-state index contributed by atoms with van der Waals surface area (Å²) in [6.07, 6.45) is 7.74. The van der Waals surface area contributed by atoms with E-state index in [1.165, 1.54) is 12.8 Å². The first kappa shape index (κ1) is 17.2. The zero-order valence-corrected chi connectivity index (χ0v) is 13.4. The molecule has 1 aliphatic carbocycles. The Kier molecular flexibility index (Phi) is 6.20. The molecule has 0 aromatic rings. The number of primary amides is 1. The number of carbonyl (C=O) groups excluding carboxylic acids is 2. The number of nitrogens with two attached hydrogens (primary N) is 1. The molecule has 0 aromatic carbocycles. The molecule has 1 heterocycles. The number of amides is 2. The first-order valence-electron chi connectivity index (χ1n) is 8.48. The molecule has 6 nitrogen and oxygen atoms in total. The second kappa shape index (κ2) is 7.92. The molecule has 2 rings (SSSR count). The van der Waals surface area contributed by atoms with E-state index in [4.69, 9.17) is 5.73 Å². The van der Waals surface area contributed by atoms with Gasteiger partial charge in [-0.2, -0.15) is 0 Å². The fourth-order valence-corrected chi connectivity index (χ4v) is 3.67. The Hall–Kier alpha value is -1.14. The van der Waals surface area contributed by atoms with Crippen molar-refractivity contribution in [1.82, 2.24) is 10.2 Å². The zero-order valence-electron chi connectivity index (χ0n) is 13.4. The van der Waals surface area contributed by atoms with Gasteiger partial charge in [0.1, 0.15) is 0 Å². The Morgan fingerprint density at radius 2 is 1.73 bits per heavy atom. The summed E-state index contributed by atoms with van der Waals surface area (Å²) in [5.74, 6) is -0.272. The molecule has 0 radical (unpaired) electrons. The molecular formula is C16H29N3O3. The van der Waals surface area contributed by atoms with Crippen molar-refractivity contribution in [3.63, 3.8) is 0 Å². The molecule has 1 saturated carbocycles. The number of aliphatic hydroxyl groups excluding tert-OH is 1. The summed E-state index contributed by atoms with van der Waals surface area (Å²) in [5, 5.41) is 12.9. The van der Waals surface area contributed by atoms with E-state index >= 15 is 0 Å². The van der Waals surface area contributed by atoms with Crippen molar-refractivity contribution in [2.24, 2.45) is 11.7 Å². The van der Waals surface area contributed by atoms with E-state index in [1.54, 1.807) is 0 Å². The van der Waals surface area contributed by atoms with Gasteiger partial charge in [0.25, 0.3) is 0 Å².